The van der Waals surface area contributed by atoms with Gasteiger partial charge >= 0.3 is 0 Å². The lowest BCUT2D eigenvalue weighted by Gasteiger charge is -2.34. The third-order valence-electron chi connectivity index (χ3n) is 5.73. The number of hydrogen-bond donors (Lipinski definition) is 6. The van der Waals surface area contributed by atoms with Crippen molar-refractivity contribution in [3.63, 3.8) is 0 Å². The number of phenols is 3. The van der Waals surface area contributed by atoms with E-state index in [9.17, 15) is 40.2 Å². The lowest BCUT2D eigenvalue weighted by Crippen LogP contribution is -2.50. The van der Waals surface area contributed by atoms with Crippen molar-refractivity contribution in [3.05, 3.63) is 28.8 Å². The number of aromatic hydroxyl groups is 3. The molecule has 3 rings (SSSR count). The van der Waals surface area contributed by atoms with Crippen LogP contribution in [0.2, 0.25) is 0 Å². The number of aliphatic hydroxyl groups excluding tert-OH is 3. The van der Waals surface area contributed by atoms with Gasteiger partial charge in [0.2, 0.25) is 0 Å². The molecular weight excluding hydrogens is 396 g/mol. The number of phenolic OH excluding ortho intramolecular Hbond substituents is 3. The first-order valence-corrected chi connectivity index (χ1v) is 9.36. The van der Waals surface area contributed by atoms with E-state index in [-0.39, 0.29) is 45.4 Å². The number of methoxy groups -OCH3 is 1. The van der Waals surface area contributed by atoms with Gasteiger partial charge in [0.25, 0.3) is 0 Å². The molecule has 1 aliphatic rings. The highest BCUT2D eigenvalue weighted by Crippen LogP contribution is 2.45. The molecule has 0 heterocycles. The normalized spacial score (nSPS) is 21.9. The van der Waals surface area contributed by atoms with E-state index in [4.69, 9.17) is 4.74 Å². The van der Waals surface area contributed by atoms with Crippen molar-refractivity contribution in [1.82, 2.24) is 0 Å². The second-order valence-electron chi connectivity index (χ2n) is 7.65. The van der Waals surface area contributed by atoms with Crippen molar-refractivity contribution in [2.75, 3.05) is 7.11 Å². The molecule has 0 unspecified atom stereocenters. The summed E-state index contributed by atoms with van der Waals surface area (Å²) in [6.07, 6.45) is -6.32. The number of aliphatic hydroxyl groups is 3. The standard InChI is InChI=1S/C21H24O9/c1-7-12(23)6-10-4-9-5-11(21(30-3)20(29)16(25)8(2)22)17(26)19(28)14(9)18(27)13(10)15(7)24/h4,6,8,11,16-17,21-27H,5H2,1-3H3/t8-,11-,16+,17+,21+/m1/s1. The molecule has 30 heavy (non-hydrogen) atoms. The van der Waals surface area contributed by atoms with Gasteiger partial charge in [0.05, 0.1) is 17.1 Å². The molecule has 0 saturated heterocycles. The number of Topliss-reactive ketones (excluding diaryl/α,β-unsaturated/α-hetero) is 2. The van der Waals surface area contributed by atoms with E-state index in [2.05, 4.69) is 0 Å². The van der Waals surface area contributed by atoms with Crippen LogP contribution in [0.1, 0.15) is 28.4 Å². The number of benzene rings is 2. The number of hydrogen-bond acceptors (Lipinski definition) is 9. The summed E-state index contributed by atoms with van der Waals surface area (Å²) in [6.45, 7) is 2.66. The largest absolute Gasteiger partial charge is 0.508 e. The molecule has 1 aliphatic carbocycles. The minimum absolute atomic E-state index is 0.0352. The van der Waals surface area contributed by atoms with Crippen molar-refractivity contribution >= 4 is 22.3 Å². The van der Waals surface area contributed by atoms with E-state index in [1.54, 1.807) is 0 Å². The summed E-state index contributed by atoms with van der Waals surface area (Å²) >= 11 is 0. The van der Waals surface area contributed by atoms with E-state index in [1.807, 2.05) is 0 Å². The van der Waals surface area contributed by atoms with Crippen molar-refractivity contribution < 1.29 is 45.0 Å². The van der Waals surface area contributed by atoms with Gasteiger partial charge in [-0.2, -0.15) is 0 Å². The molecule has 0 aliphatic heterocycles. The molecule has 0 spiro atoms. The number of ketones is 2. The van der Waals surface area contributed by atoms with Crippen molar-refractivity contribution in [2.45, 2.75) is 44.7 Å². The minimum Gasteiger partial charge on any atom is -0.508 e. The van der Waals surface area contributed by atoms with Crippen molar-refractivity contribution in [3.8, 4) is 17.2 Å². The Bertz CT molecular complexity index is 1030. The average Bonchev–Trinajstić information content (AvgIpc) is 2.69. The fourth-order valence-electron chi connectivity index (χ4n) is 4.00. The summed E-state index contributed by atoms with van der Waals surface area (Å²) < 4.78 is 5.15. The number of fused-ring (bicyclic) bond motifs is 2. The highest BCUT2D eigenvalue weighted by molar-refractivity contribution is 6.11. The lowest BCUT2D eigenvalue weighted by atomic mass is 9.75. The van der Waals surface area contributed by atoms with Gasteiger partial charge < -0.3 is 35.4 Å². The zero-order chi connectivity index (χ0) is 22.5. The zero-order valence-electron chi connectivity index (χ0n) is 16.7. The summed E-state index contributed by atoms with van der Waals surface area (Å²) in [5.41, 5.74) is 0.214. The predicted molar refractivity (Wildman–Crippen MR) is 105 cm³/mol. The maximum absolute atomic E-state index is 12.9. The summed E-state index contributed by atoms with van der Waals surface area (Å²) in [7, 11) is 1.18. The number of carbonyl (C=O) groups is 2. The zero-order valence-corrected chi connectivity index (χ0v) is 16.7. The van der Waals surface area contributed by atoms with Crippen LogP contribution in [-0.4, -0.2) is 73.7 Å². The van der Waals surface area contributed by atoms with Gasteiger partial charge in [-0.15, -0.1) is 0 Å². The van der Waals surface area contributed by atoms with Crippen LogP contribution in [0.3, 0.4) is 0 Å². The van der Waals surface area contributed by atoms with Gasteiger partial charge in [-0.1, -0.05) is 0 Å². The molecule has 2 aromatic carbocycles. The average molecular weight is 420 g/mol. The first-order chi connectivity index (χ1) is 14.0. The highest BCUT2D eigenvalue weighted by atomic mass is 16.5. The van der Waals surface area contributed by atoms with Crippen molar-refractivity contribution in [1.29, 1.82) is 0 Å². The second kappa shape index (κ2) is 7.84. The maximum Gasteiger partial charge on any atom is 0.195 e. The molecule has 162 valence electrons. The van der Waals surface area contributed by atoms with Gasteiger partial charge in [-0.3, -0.25) is 9.59 Å². The highest BCUT2D eigenvalue weighted by Gasteiger charge is 2.45. The fraction of sp³-hybridized carbons (Fsp3) is 0.429. The van der Waals surface area contributed by atoms with Crippen LogP contribution in [0.4, 0.5) is 0 Å². The summed E-state index contributed by atoms with van der Waals surface area (Å²) in [5.74, 6) is -3.96. The van der Waals surface area contributed by atoms with Gasteiger partial charge in [-0.05, 0) is 43.4 Å². The molecule has 0 radical (unpaired) electrons. The van der Waals surface area contributed by atoms with Crippen LogP contribution in [-0.2, 0) is 16.0 Å². The maximum atomic E-state index is 12.9. The number of carbonyl (C=O) groups excluding carboxylic acids is 2. The van der Waals surface area contributed by atoms with Crippen LogP contribution in [0.15, 0.2) is 12.1 Å². The topological polar surface area (TPSA) is 165 Å². The predicted octanol–water partition coefficient (Wildman–Crippen LogP) is 0.307. The Balaban J connectivity index is 2.14. The van der Waals surface area contributed by atoms with Gasteiger partial charge in [-0.25, -0.2) is 0 Å². The third kappa shape index (κ3) is 3.29. The minimum atomic E-state index is -1.76. The van der Waals surface area contributed by atoms with Gasteiger partial charge in [0.1, 0.15) is 35.6 Å². The summed E-state index contributed by atoms with van der Waals surface area (Å²) in [5, 5.41) is 61.2. The molecule has 0 bridgehead atoms. The van der Waals surface area contributed by atoms with E-state index in [0.717, 1.165) is 0 Å². The molecule has 6 N–H and O–H groups in total. The van der Waals surface area contributed by atoms with Crippen molar-refractivity contribution in [2.24, 2.45) is 5.92 Å². The third-order valence-corrected chi connectivity index (χ3v) is 5.73. The SMILES string of the molecule is CO[C@H](C(=O)[C@@H](O)[C@@H](C)O)[C@@H]1Cc2cc3cc(O)c(C)c(O)c3c(O)c2C(=O)[C@H]1O. The number of rotatable bonds is 5. The summed E-state index contributed by atoms with van der Waals surface area (Å²) in [4.78, 5) is 25.4. The molecule has 5 atom stereocenters. The van der Waals surface area contributed by atoms with E-state index >= 15 is 0 Å². The molecule has 0 fully saturated rings. The Hall–Kier alpha value is -2.72. The number of ether oxygens (including phenoxy) is 1. The van der Waals surface area contributed by atoms with Gasteiger partial charge in [0, 0.05) is 18.6 Å². The van der Waals surface area contributed by atoms with Crippen LogP contribution in [0, 0.1) is 12.8 Å². The lowest BCUT2D eigenvalue weighted by molar-refractivity contribution is -0.148. The smallest absolute Gasteiger partial charge is 0.195 e. The molecule has 9 nitrogen and oxygen atoms in total. The Kier molecular flexibility index (Phi) is 5.74. The van der Waals surface area contributed by atoms with Crippen LogP contribution >= 0.6 is 0 Å². The quantitative estimate of drug-likeness (QED) is 0.399. The van der Waals surface area contributed by atoms with E-state index in [0.29, 0.717) is 0 Å². The van der Waals surface area contributed by atoms with E-state index in [1.165, 1.54) is 33.1 Å². The summed E-state index contributed by atoms with van der Waals surface area (Å²) in [6, 6.07) is 2.80. The molecule has 9 heteroatoms. The molecule has 2 aromatic rings. The Morgan fingerprint density at radius 3 is 2.37 bits per heavy atom. The Morgan fingerprint density at radius 1 is 1.17 bits per heavy atom. The molecule has 0 aromatic heterocycles. The first kappa shape index (κ1) is 22.0. The molecule has 0 amide bonds. The van der Waals surface area contributed by atoms with Crippen LogP contribution < -0.4 is 0 Å². The molecular formula is C21H24O9. The Morgan fingerprint density at radius 2 is 1.80 bits per heavy atom. The molecule has 0 saturated carbocycles. The van der Waals surface area contributed by atoms with Crippen LogP contribution in [0.25, 0.3) is 10.8 Å². The van der Waals surface area contributed by atoms with Crippen LogP contribution in [0.5, 0.6) is 17.2 Å². The first-order valence-electron chi connectivity index (χ1n) is 9.36. The Labute approximate surface area is 171 Å². The second-order valence-corrected chi connectivity index (χ2v) is 7.65. The fourth-order valence-corrected chi connectivity index (χ4v) is 4.00. The van der Waals surface area contributed by atoms with Gasteiger partial charge in [0.15, 0.2) is 11.6 Å². The van der Waals surface area contributed by atoms with E-state index < -0.39 is 47.6 Å². The monoisotopic (exact) mass is 420 g/mol.